The van der Waals surface area contributed by atoms with Crippen LogP contribution in [0.5, 0.6) is 0 Å². The van der Waals surface area contributed by atoms with Crippen LogP contribution in [0.2, 0.25) is 0 Å². The SMILES string of the molecule is CCCNC(CCCS(C)(=O)=O)C(CC)CC. The van der Waals surface area contributed by atoms with Crippen LogP contribution in [0, 0.1) is 5.92 Å². The third-order valence-electron chi connectivity index (χ3n) is 3.30. The Morgan fingerprint density at radius 1 is 1.12 bits per heavy atom. The topological polar surface area (TPSA) is 46.2 Å². The van der Waals surface area contributed by atoms with E-state index in [9.17, 15) is 8.42 Å². The van der Waals surface area contributed by atoms with E-state index in [-0.39, 0.29) is 0 Å². The smallest absolute Gasteiger partial charge is 0.147 e. The van der Waals surface area contributed by atoms with Gasteiger partial charge in [-0.15, -0.1) is 0 Å². The summed E-state index contributed by atoms with van der Waals surface area (Å²) in [5.74, 6) is 0.985. The fourth-order valence-electron chi connectivity index (χ4n) is 2.26. The van der Waals surface area contributed by atoms with Crippen molar-refractivity contribution in [3.63, 3.8) is 0 Å². The Bertz CT molecular complexity index is 271. The van der Waals surface area contributed by atoms with E-state index >= 15 is 0 Å². The molecule has 3 nitrogen and oxygen atoms in total. The summed E-state index contributed by atoms with van der Waals surface area (Å²) in [6.07, 6.45) is 6.52. The van der Waals surface area contributed by atoms with Crippen LogP contribution < -0.4 is 5.32 Å². The molecule has 0 aromatic carbocycles. The van der Waals surface area contributed by atoms with E-state index < -0.39 is 9.84 Å². The molecule has 0 heterocycles. The minimum Gasteiger partial charge on any atom is -0.314 e. The maximum absolute atomic E-state index is 11.1. The van der Waals surface area contributed by atoms with Gasteiger partial charge in [0.25, 0.3) is 0 Å². The first-order valence-corrected chi connectivity index (χ1v) is 8.91. The van der Waals surface area contributed by atoms with Crippen molar-refractivity contribution >= 4 is 9.84 Å². The molecular weight excluding hydrogens is 234 g/mol. The highest BCUT2D eigenvalue weighted by atomic mass is 32.2. The van der Waals surface area contributed by atoms with Gasteiger partial charge in [0.2, 0.25) is 0 Å². The molecule has 0 aromatic heterocycles. The lowest BCUT2D eigenvalue weighted by atomic mass is 9.91. The minimum atomic E-state index is -2.81. The van der Waals surface area contributed by atoms with E-state index in [1.807, 2.05) is 0 Å². The number of sulfone groups is 1. The Kier molecular flexibility index (Phi) is 8.88. The second kappa shape index (κ2) is 8.92. The molecule has 0 spiro atoms. The van der Waals surface area contributed by atoms with Crippen molar-refractivity contribution < 1.29 is 8.42 Å². The fourth-order valence-corrected chi connectivity index (χ4v) is 2.95. The third-order valence-corrected chi connectivity index (χ3v) is 4.33. The second-order valence-electron chi connectivity index (χ2n) is 4.91. The van der Waals surface area contributed by atoms with Crippen molar-refractivity contribution in [1.29, 1.82) is 0 Å². The van der Waals surface area contributed by atoms with Gasteiger partial charge in [0.1, 0.15) is 9.84 Å². The maximum Gasteiger partial charge on any atom is 0.147 e. The molecule has 17 heavy (non-hydrogen) atoms. The summed E-state index contributed by atoms with van der Waals surface area (Å²) in [5.41, 5.74) is 0. The molecule has 4 heteroatoms. The first-order valence-electron chi connectivity index (χ1n) is 6.85. The monoisotopic (exact) mass is 263 g/mol. The van der Waals surface area contributed by atoms with E-state index in [4.69, 9.17) is 0 Å². The van der Waals surface area contributed by atoms with Gasteiger partial charge in [-0.3, -0.25) is 0 Å². The van der Waals surface area contributed by atoms with Crippen molar-refractivity contribution in [3.8, 4) is 0 Å². The van der Waals surface area contributed by atoms with E-state index in [0.717, 1.165) is 38.6 Å². The number of rotatable bonds is 10. The van der Waals surface area contributed by atoms with Crippen molar-refractivity contribution in [1.82, 2.24) is 5.32 Å². The summed E-state index contributed by atoms with van der Waals surface area (Å²) in [6, 6.07) is 0.478. The lowest BCUT2D eigenvalue weighted by Gasteiger charge is -2.26. The van der Waals surface area contributed by atoms with Crippen molar-refractivity contribution in [2.75, 3.05) is 18.6 Å². The van der Waals surface area contributed by atoms with E-state index in [1.54, 1.807) is 0 Å². The molecule has 1 unspecified atom stereocenters. The van der Waals surface area contributed by atoms with Gasteiger partial charge in [-0.25, -0.2) is 8.42 Å². The number of hydrogen-bond donors (Lipinski definition) is 1. The van der Waals surface area contributed by atoms with Gasteiger partial charge in [0, 0.05) is 18.1 Å². The Morgan fingerprint density at radius 2 is 1.71 bits per heavy atom. The summed E-state index contributed by atoms with van der Waals surface area (Å²) in [6.45, 7) is 7.62. The molecule has 0 saturated carbocycles. The minimum absolute atomic E-state index is 0.317. The van der Waals surface area contributed by atoms with Crippen LogP contribution in [0.3, 0.4) is 0 Å². The van der Waals surface area contributed by atoms with Gasteiger partial charge >= 0.3 is 0 Å². The largest absolute Gasteiger partial charge is 0.314 e. The lowest BCUT2D eigenvalue weighted by Crippen LogP contribution is -2.36. The molecule has 0 bridgehead atoms. The van der Waals surface area contributed by atoms with Crippen LogP contribution in [-0.2, 0) is 9.84 Å². The molecule has 104 valence electrons. The van der Waals surface area contributed by atoms with E-state index in [2.05, 4.69) is 26.1 Å². The number of hydrogen-bond acceptors (Lipinski definition) is 3. The molecule has 0 saturated heterocycles. The second-order valence-corrected chi connectivity index (χ2v) is 7.17. The lowest BCUT2D eigenvalue weighted by molar-refractivity contribution is 0.316. The van der Waals surface area contributed by atoms with E-state index in [1.165, 1.54) is 6.26 Å². The summed E-state index contributed by atoms with van der Waals surface area (Å²) in [4.78, 5) is 0. The molecule has 0 amide bonds. The van der Waals surface area contributed by atoms with Gasteiger partial charge in [-0.05, 0) is 31.7 Å². The molecule has 0 aliphatic rings. The Labute approximate surface area is 107 Å². The zero-order chi connectivity index (χ0) is 13.3. The van der Waals surface area contributed by atoms with Crippen LogP contribution in [0.4, 0.5) is 0 Å². The standard InChI is InChI=1S/C13H29NO2S/c1-5-10-14-13(12(6-2)7-3)9-8-11-17(4,15)16/h12-14H,5-11H2,1-4H3. The molecule has 0 radical (unpaired) electrons. The molecule has 0 rings (SSSR count). The van der Waals surface area contributed by atoms with Crippen molar-refractivity contribution in [2.24, 2.45) is 5.92 Å². The summed E-state index contributed by atoms with van der Waals surface area (Å²) in [7, 11) is -2.81. The molecule has 1 N–H and O–H groups in total. The highest BCUT2D eigenvalue weighted by Gasteiger charge is 2.17. The summed E-state index contributed by atoms with van der Waals surface area (Å²) in [5, 5.41) is 3.56. The van der Waals surface area contributed by atoms with Crippen LogP contribution in [0.1, 0.15) is 52.9 Å². The third kappa shape index (κ3) is 8.61. The average Bonchev–Trinajstić information content (AvgIpc) is 2.25. The highest BCUT2D eigenvalue weighted by molar-refractivity contribution is 7.90. The number of nitrogens with one attached hydrogen (secondary N) is 1. The Balaban J connectivity index is 4.18. The van der Waals surface area contributed by atoms with Gasteiger partial charge in [-0.2, -0.15) is 0 Å². The molecule has 0 aliphatic carbocycles. The zero-order valence-electron chi connectivity index (χ0n) is 11.8. The summed E-state index contributed by atoms with van der Waals surface area (Å²) >= 11 is 0. The quantitative estimate of drug-likeness (QED) is 0.659. The average molecular weight is 263 g/mol. The van der Waals surface area contributed by atoms with Crippen LogP contribution in [0.25, 0.3) is 0 Å². The Hall–Kier alpha value is -0.0900. The zero-order valence-corrected chi connectivity index (χ0v) is 12.6. The van der Waals surface area contributed by atoms with Gasteiger partial charge in [0.15, 0.2) is 0 Å². The molecule has 0 aliphatic heterocycles. The predicted octanol–water partition coefficient (Wildman–Crippen LogP) is 2.62. The van der Waals surface area contributed by atoms with Gasteiger partial charge in [0.05, 0.1) is 0 Å². The van der Waals surface area contributed by atoms with Crippen LogP contribution in [-0.4, -0.2) is 33.0 Å². The molecular formula is C13H29NO2S. The van der Waals surface area contributed by atoms with Crippen molar-refractivity contribution in [2.45, 2.75) is 58.9 Å². The molecule has 1 atom stereocenters. The molecule has 0 aromatic rings. The normalized spacial score (nSPS) is 14.2. The van der Waals surface area contributed by atoms with Crippen molar-refractivity contribution in [3.05, 3.63) is 0 Å². The van der Waals surface area contributed by atoms with Crippen LogP contribution >= 0.6 is 0 Å². The van der Waals surface area contributed by atoms with Gasteiger partial charge in [-0.1, -0.05) is 33.6 Å². The first kappa shape index (κ1) is 16.9. The van der Waals surface area contributed by atoms with E-state index in [0.29, 0.717) is 17.7 Å². The molecule has 0 fully saturated rings. The fraction of sp³-hybridized carbons (Fsp3) is 1.00. The predicted molar refractivity (Wildman–Crippen MR) is 75.1 cm³/mol. The Morgan fingerprint density at radius 3 is 2.12 bits per heavy atom. The summed E-state index contributed by atoms with van der Waals surface area (Å²) < 4.78 is 22.2. The first-order chi connectivity index (χ1) is 7.94. The van der Waals surface area contributed by atoms with Crippen LogP contribution in [0.15, 0.2) is 0 Å². The maximum atomic E-state index is 11.1. The van der Waals surface area contributed by atoms with Gasteiger partial charge < -0.3 is 5.32 Å². The highest BCUT2D eigenvalue weighted by Crippen LogP contribution is 2.17.